The molecule has 1 saturated heterocycles. The van der Waals surface area contributed by atoms with Crippen molar-refractivity contribution in [2.24, 2.45) is 0 Å². The Morgan fingerprint density at radius 1 is 0.943 bits per heavy atom. The number of benzene rings is 2. The van der Waals surface area contributed by atoms with E-state index in [0.717, 1.165) is 30.6 Å². The van der Waals surface area contributed by atoms with Gasteiger partial charge in [0.05, 0.1) is 11.5 Å². The van der Waals surface area contributed by atoms with Gasteiger partial charge in [-0.3, -0.25) is 14.4 Å². The first kappa shape index (κ1) is 26.3. The van der Waals surface area contributed by atoms with E-state index >= 15 is 0 Å². The van der Waals surface area contributed by atoms with Crippen LogP contribution in [0, 0.1) is 0 Å². The van der Waals surface area contributed by atoms with Crippen LogP contribution >= 0.6 is 0 Å². The molecule has 2 aromatic carbocycles. The van der Waals surface area contributed by atoms with Gasteiger partial charge in [-0.15, -0.1) is 0 Å². The Morgan fingerprint density at radius 3 is 2.29 bits per heavy atom. The Labute approximate surface area is 209 Å². The quantitative estimate of drug-likeness (QED) is 0.612. The van der Waals surface area contributed by atoms with Gasteiger partial charge in [-0.05, 0) is 50.5 Å². The van der Waals surface area contributed by atoms with Gasteiger partial charge in [0.2, 0.25) is 11.8 Å². The van der Waals surface area contributed by atoms with Crippen LogP contribution in [-0.4, -0.2) is 66.8 Å². The number of hydrogen-bond acceptors (Lipinski definition) is 4. The SMILES string of the molecule is CC[C@@H](C(=O)N1CCCN(c2ccc(NC(C)=O)cc2C(=O)N(CC)CC)CC1)c1ccccc1. The number of hydrogen-bond donors (Lipinski definition) is 1. The Morgan fingerprint density at radius 2 is 1.66 bits per heavy atom. The molecule has 3 rings (SSSR count). The summed E-state index contributed by atoms with van der Waals surface area (Å²) < 4.78 is 0. The third-order valence-corrected chi connectivity index (χ3v) is 6.65. The fraction of sp³-hybridized carbons (Fsp3) is 0.464. The highest BCUT2D eigenvalue weighted by atomic mass is 16.2. The number of nitrogens with zero attached hydrogens (tertiary/aromatic N) is 3. The van der Waals surface area contributed by atoms with Crippen LogP contribution in [0.15, 0.2) is 48.5 Å². The molecule has 1 atom stereocenters. The minimum atomic E-state index is -0.174. The molecule has 2 aromatic rings. The molecule has 0 aliphatic carbocycles. The van der Waals surface area contributed by atoms with Crippen molar-refractivity contribution in [2.45, 2.75) is 46.5 Å². The molecule has 1 fully saturated rings. The van der Waals surface area contributed by atoms with E-state index in [2.05, 4.69) is 17.1 Å². The van der Waals surface area contributed by atoms with Crippen LogP contribution < -0.4 is 10.2 Å². The van der Waals surface area contributed by atoms with Crippen LogP contribution in [0.5, 0.6) is 0 Å². The average Bonchev–Trinajstić information content (AvgIpc) is 3.12. The molecule has 0 spiro atoms. The Balaban J connectivity index is 1.83. The molecule has 0 saturated carbocycles. The molecule has 0 aromatic heterocycles. The summed E-state index contributed by atoms with van der Waals surface area (Å²) in [7, 11) is 0. The summed E-state index contributed by atoms with van der Waals surface area (Å²) in [4.78, 5) is 44.4. The van der Waals surface area contributed by atoms with Crippen molar-refractivity contribution < 1.29 is 14.4 Å². The van der Waals surface area contributed by atoms with Gasteiger partial charge < -0.3 is 20.0 Å². The first-order valence-corrected chi connectivity index (χ1v) is 12.7. The van der Waals surface area contributed by atoms with E-state index in [9.17, 15) is 14.4 Å². The maximum absolute atomic E-state index is 13.4. The van der Waals surface area contributed by atoms with Crippen LogP contribution in [0.2, 0.25) is 0 Å². The van der Waals surface area contributed by atoms with Gasteiger partial charge in [-0.2, -0.15) is 0 Å². The van der Waals surface area contributed by atoms with Crippen molar-refractivity contribution >= 4 is 29.1 Å². The lowest BCUT2D eigenvalue weighted by atomic mass is 9.95. The highest BCUT2D eigenvalue weighted by Gasteiger charge is 2.28. The van der Waals surface area contributed by atoms with E-state index in [0.29, 0.717) is 44.0 Å². The minimum Gasteiger partial charge on any atom is -0.369 e. The maximum Gasteiger partial charge on any atom is 0.256 e. The molecular formula is C28H38N4O3. The summed E-state index contributed by atoms with van der Waals surface area (Å²) >= 11 is 0. The van der Waals surface area contributed by atoms with Gasteiger partial charge in [0.1, 0.15) is 0 Å². The molecule has 1 N–H and O–H groups in total. The molecule has 188 valence electrons. The number of anilines is 2. The van der Waals surface area contributed by atoms with Gasteiger partial charge in [0.15, 0.2) is 0 Å². The van der Waals surface area contributed by atoms with Crippen molar-refractivity contribution in [1.82, 2.24) is 9.80 Å². The molecular weight excluding hydrogens is 440 g/mol. The van der Waals surface area contributed by atoms with Gasteiger partial charge in [0.25, 0.3) is 5.91 Å². The Kier molecular flexibility index (Phi) is 9.29. The summed E-state index contributed by atoms with van der Waals surface area (Å²) in [6.45, 7) is 11.4. The van der Waals surface area contributed by atoms with Gasteiger partial charge >= 0.3 is 0 Å². The molecule has 3 amide bonds. The summed E-state index contributed by atoms with van der Waals surface area (Å²) in [5.41, 5.74) is 3.09. The van der Waals surface area contributed by atoms with Crippen molar-refractivity contribution in [3.63, 3.8) is 0 Å². The number of amides is 3. The van der Waals surface area contributed by atoms with Crippen molar-refractivity contribution in [2.75, 3.05) is 49.5 Å². The van der Waals surface area contributed by atoms with E-state index in [1.165, 1.54) is 6.92 Å². The van der Waals surface area contributed by atoms with Crippen molar-refractivity contribution in [3.8, 4) is 0 Å². The molecule has 35 heavy (non-hydrogen) atoms. The molecule has 1 heterocycles. The van der Waals surface area contributed by atoms with Gasteiger partial charge in [-0.1, -0.05) is 37.3 Å². The maximum atomic E-state index is 13.4. The second-order valence-electron chi connectivity index (χ2n) is 8.93. The highest BCUT2D eigenvalue weighted by molar-refractivity contribution is 6.02. The van der Waals surface area contributed by atoms with Crippen LogP contribution in [-0.2, 0) is 9.59 Å². The van der Waals surface area contributed by atoms with E-state index < -0.39 is 0 Å². The Hall–Kier alpha value is -3.35. The molecule has 1 aliphatic heterocycles. The topological polar surface area (TPSA) is 73.0 Å². The fourth-order valence-electron chi connectivity index (χ4n) is 4.78. The number of nitrogens with one attached hydrogen (secondary N) is 1. The summed E-state index contributed by atoms with van der Waals surface area (Å²) in [6.07, 6.45) is 1.58. The summed E-state index contributed by atoms with van der Waals surface area (Å²) in [6, 6.07) is 15.5. The van der Waals surface area contributed by atoms with Crippen LogP contribution in [0.1, 0.15) is 62.4 Å². The molecule has 0 unspecified atom stereocenters. The van der Waals surface area contributed by atoms with Crippen molar-refractivity contribution in [3.05, 3.63) is 59.7 Å². The fourth-order valence-corrected chi connectivity index (χ4v) is 4.78. The molecule has 0 radical (unpaired) electrons. The largest absolute Gasteiger partial charge is 0.369 e. The zero-order chi connectivity index (χ0) is 25.4. The van der Waals surface area contributed by atoms with Crippen LogP contribution in [0.25, 0.3) is 0 Å². The molecule has 7 heteroatoms. The summed E-state index contributed by atoms with van der Waals surface area (Å²) in [5.74, 6) is -0.197. The normalized spacial score (nSPS) is 14.7. The Bertz CT molecular complexity index is 1020. The average molecular weight is 479 g/mol. The van der Waals surface area contributed by atoms with Crippen LogP contribution in [0.3, 0.4) is 0 Å². The molecule has 0 bridgehead atoms. The monoisotopic (exact) mass is 478 g/mol. The van der Waals surface area contributed by atoms with E-state index in [1.54, 1.807) is 11.0 Å². The lowest BCUT2D eigenvalue weighted by molar-refractivity contribution is -0.132. The zero-order valence-electron chi connectivity index (χ0n) is 21.4. The minimum absolute atomic E-state index is 0.0514. The first-order valence-electron chi connectivity index (χ1n) is 12.7. The van der Waals surface area contributed by atoms with E-state index in [4.69, 9.17) is 0 Å². The highest BCUT2D eigenvalue weighted by Crippen LogP contribution is 2.28. The molecule has 1 aliphatic rings. The molecule has 7 nitrogen and oxygen atoms in total. The van der Waals surface area contributed by atoms with Crippen molar-refractivity contribution in [1.29, 1.82) is 0 Å². The second kappa shape index (κ2) is 12.4. The predicted octanol–water partition coefficient (Wildman–Crippen LogP) is 4.36. The second-order valence-corrected chi connectivity index (χ2v) is 8.93. The third kappa shape index (κ3) is 6.41. The smallest absolute Gasteiger partial charge is 0.256 e. The summed E-state index contributed by atoms with van der Waals surface area (Å²) in [5, 5.41) is 2.79. The number of rotatable bonds is 8. The number of carbonyl (C=O) groups is 3. The number of carbonyl (C=O) groups excluding carboxylic acids is 3. The van der Waals surface area contributed by atoms with Gasteiger partial charge in [0, 0.05) is 57.6 Å². The third-order valence-electron chi connectivity index (χ3n) is 6.65. The lowest BCUT2D eigenvalue weighted by Gasteiger charge is -2.29. The first-order chi connectivity index (χ1) is 16.9. The predicted molar refractivity (Wildman–Crippen MR) is 141 cm³/mol. The standard InChI is InChI=1S/C28H38N4O3/c1-5-24(22-12-9-8-10-13-22)27(34)32-17-11-16-31(18-19-32)26-15-14-23(29-21(4)33)20-25(26)28(35)30(6-2)7-3/h8-10,12-15,20,24H,5-7,11,16-19H2,1-4H3,(H,29,33)/t24-/m1/s1. The van der Waals surface area contributed by atoms with E-state index in [-0.39, 0.29) is 23.6 Å². The van der Waals surface area contributed by atoms with Gasteiger partial charge in [-0.25, -0.2) is 0 Å². The van der Waals surface area contributed by atoms with Crippen LogP contribution in [0.4, 0.5) is 11.4 Å². The van der Waals surface area contributed by atoms with E-state index in [1.807, 2.05) is 61.2 Å². The zero-order valence-corrected chi connectivity index (χ0v) is 21.4. The lowest BCUT2D eigenvalue weighted by Crippen LogP contribution is -2.38.